The molecule has 0 spiro atoms. The van der Waals surface area contributed by atoms with Gasteiger partial charge in [0.15, 0.2) is 6.29 Å². The highest BCUT2D eigenvalue weighted by molar-refractivity contribution is 4.34. The van der Waals surface area contributed by atoms with E-state index in [-0.39, 0.29) is 6.29 Å². The van der Waals surface area contributed by atoms with Crippen LogP contribution in [-0.2, 0) is 14.2 Å². The molecule has 0 rings (SSSR count). The second kappa shape index (κ2) is 6.99. The van der Waals surface area contributed by atoms with Crippen LogP contribution in [0.5, 0.6) is 0 Å². The lowest BCUT2D eigenvalue weighted by atomic mass is 10.7. The quantitative estimate of drug-likeness (QED) is 0.411. The molecule has 0 amide bonds. The van der Waals surface area contributed by atoms with E-state index in [4.69, 9.17) is 14.2 Å². The summed E-state index contributed by atoms with van der Waals surface area (Å²) in [6.45, 7) is 6.98. The van der Waals surface area contributed by atoms with Crippen LogP contribution in [0.4, 0.5) is 0 Å². The Bertz CT molecular complexity index is 65.9. The van der Waals surface area contributed by atoms with Crippen molar-refractivity contribution in [3.8, 4) is 0 Å². The third-order valence-electron chi connectivity index (χ3n) is 1.06. The second-order valence-electron chi connectivity index (χ2n) is 1.79. The van der Waals surface area contributed by atoms with Gasteiger partial charge in [-0.05, 0) is 13.8 Å². The van der Waals surface area contributed by atoms with Crippen LogP contribution in [0.25, 0.3) is 0 Å². The lowest BCUT2D eigenvalue weighted by Gasteiger charge is -2.09. The zero-order chi connectivity index (χ0) is 7.82. The lowest BCUT2D eigenvalue weighted by molar-refractivity contribution is -0.120. The van der Waals surface area contributed by atoms with Crippen LogP contribution in [-0.4, -0.2) is 33.2 Å². The molecule has 0 fully saturated rings. The van der Waals surface area contributed by atoms with Crippen LogP contribution in [0.2, 0.25) is 0 Å². The van der Waals surface area contributed by atoms with Crippen molar-refractivity contribution in [2.45, 2.75) is 13.2 Å². The highest BCUT2D eigenvalue weighted by Crippen LogP contribution is 1.89. The first-order valence-corrected chi connectivity index (χ1v) is 3.32. The van der Waals surface area contributed by atoms with Crippen LogP contribution in [0.1, 0.15) is 6.92 Å². The molecule has 0 aromatic heterocycles. The third-order valence-corrected chi connectivity index (χ3v) is 1.06. The summed E-state index contributed by atoms with van der Waals surface area (Å²) in [5, 5.41) is 0. The number of rotatable bonds is 6. The van der Waals surface area contributed by atoms with E-state index >= 15 is 0 Å². The van der Waals surface area contributed by atoms with Crippen LogP contribution in [0, 0.1) is 6.92 Å². The molecule has 0 aliphatic heterocycles. The fraction of sp³-hybridized carbons (Fsp3) is 0.857. The highest BCUT2D eigenvalue weighted by atomic mass is 16.7. The van der Waals surface area contributed by atoms with Crippen molar-refractivity contribution < 1.29 is 14.2 Å². The van der Waals surface area contributed by atoms with Crippen molar-refractivity contribution in [3.63, 3.8) is 0 Å². The summed E-state index contributed by atoms with van der Waals surface area (Å²) in [4.78, 5) is 0. The number of hydrogen-bond donors (Lipinski definition) is 0. The van der Waals surface area contributed by atoms with Gasteiger partial charge in [-0.25, -0.2) is 0 Å². The molecule has 10 heavy (non-hydrogen) atoms. The monoisotopic (exact) mass is 147 g/mol. The molecule has 3 nitrogen and oxygen atoms in total. The van der Waals surface area contributed by atoms with Gasteiger partial charge in [0.05, 0.1) is 13.2 Å². The van der Waals surface area contributed by atoms with Crippen LogP contribution >= 0.6 is 0 Å². The Morgan fingerprint density at radius 1 is 1.40 bits per heavy atom. The van der Waals surface area contributed by atoms with Gasteiger partial charge in [-0.3, -0.25) is 0 Å². The summed E-state index contributed by atoms with van der Waals surface area (Å²) in [7, 11) is 1.60. The Labute approximate surface area is 62.3 Å². The zero-order valence-electron chi connectivity index (χ0n) is 6.63. The topological polar surface area (TPSA) is 27.7 Å². The van der Waals surface area contributed by atoms with E-state index in [0.717, 1.165) is 0 Å². The number of methoxy groups -OCH3 is 1. The van der Waals surface area contributed by atoms with Gasteiger partial charge in [0.25, 0.3) is 0 Å². The molecule has 0 aromatic rings. The van der Waals surface area contributed by atoms with Crippen LogP contribution in [0.15, 0.2) is 0 Å². The van der Waals surface area contributed by atoms with E-state index in [9.17, 15) is 0 Å². The van der Waals surface area contributed by atoms with E-state index in [1.807, 2.05) is 6.92 Å². The fourth-order valence-corrected chi connectivity index (χ4v) is 0.443. The van der Waals surface area contributed by atoms with Crippen LogP contribution < -0.4 is 0 Å². The average molecular weight is 147 g/mol. The molecular weight excluding hydrogens is 132 g/mol. The number of ether oxygens (including phenoxy) is 3. The van der Waals surface area contributed by atoms with E-state index in [1.165, 1.54) is 0 Å². The van der Waals surface area contributed by atoms with Crippen molar-refractivity contribution in [2.24, 2.45) is 0 Å². The molecule has 0 N–H and O–H groups in total. The summed E-state index contributed by atoms with van der Waals surface area (Å²) >= 11 is 0. The minimum atomic E-state index is -0.145. The molecule has 3 heteroatoms. The minimum absolute atomic E-state index is 0.145. The second-order valence-corrected chi connectivity index (χ2v) is 1.79. The lowest BCUT2D eigenvalue weighted by Crippen LogP contribution is -2.14. The average Bonchev–Trinajstić information content (AvgIpc) is 1.98. The number of hydrogen-bond acceptors (Lipinski definition) is 3. The Morgan fingerprint density at radius 3 is 2.60 bits per heavy atom. The van der Waals surface area contributed by atoms with E-state index in [2.05, 4.69) is 6.92 Å². The maximum Gasteiger partial charge on any atom is 0.154 e. The van der Waals surface area contributed by atoms with Gasteiger partial charge in [-0.2, -0.15) is 0 Å². The largest absolute Gasteiger partial charge is 0.379 e. The highest BCUT2D eigenvalue weighted by Gasteiger charge is 1.96. The van der Waals surface area contributed by atoms with E-state index < -0.39 is 0 Å². The summed E-state index contributed by atoms with van der Waals surface area (Å²) in [6.07, 6.45) is -0.145. The maximum absolute atomic E-state index is 5.12. The molecular formula is C7H15O3. The molecule has 0 aliphatic rings. The molecule has 0 bridgehead atoms. The van der Waals surface area contributed by atoms with Crippen molar-refractivity contribution in [2.75, 3.05) is 26.9 Å². The summed E-state index contributed by atoms with van der Waals surface area (Å²) in [5.74, 6) is 0. The van der Waals surface area contributed by atoms with E-state index in [1.54, 1.807) is 7.11 Å². The van der Waals surface area contributed by atoms with Gasteiger partial charge in [0, 0.05) is 13.7 Å². The minimum Gasteiger partial charge on any atom is -0.379 e. The van der Waals surface area contributed by atoms with Crippen molar-refractivity contribution in [1.82, 2.24) is 0 Å². The molecule has 1 atom stereocenters. The first-order chi connectivity index (χ1) is 4.81. The Balaban J connectivity index is 2.89. The fourth-order valence-electron chi connectivity index (χ4n) is 0.443. The van der Waals surface area contributed by atoms with Gasteiger partial charge < -0.3 is 14.2 Å². The molecule has 0 saturated heterocycles. The van der Waals surface area contributed by atoms with Crippen LogP contribution in [0.3, 0.4) is 0 Å². The van der Waals surface area contributed by atoms with Crippen molar-refractivity contribution in [3.05, 3.63) is 6.92 Å². The van der Waals surface area contributed by atoms with E-state index in [0.29, 0.717) is 19.8 Å². The molecule has 0 saturated carbocycles. The third kappa shape index (κ3) is 6.01. The standard InChI is InChI=1S/C7H15O3/c1-4-9-5-6-10-7(2)8-3/h7H,1,4-6H2,2-3H3. The molecule has 0 heterocycles. The zero-order valence-corrected chi connectivity index (χ0v) is 6.63. The first-order valence-electron chi connectivity index (χ1n) is 3.32. The SMILES string of the molecule is [CH2]COCCOC(C)OC. The molecule has 0 aromatic carbocycles. The van der Waals surface area contributed by atoms with Gasteiger partial charge in [-0.1, -0.05) is 0 Å². The summed E-state index contributed by atoms with van der Waals surface area (Å²) in [6, 6.07) is 0. The van der Waals surface area contributed by atoms with Gasteiger partial charge in [-0.15, -0.1) is 0 Å². The van der Waals surface area contributed by atoms with Crippen molar-refractivity contribution >= 4 is 0 Å². The van der Waals surface area contributed by atoms with Gasteiger partial charge >= 0.3 is 0 Å². The normalized spacial score (nSPS) is 13.5. The molecule has 61 valence electrons. The van der Waals surface area contributed by atoms with Crippen molar-refractivity contribution in [1.29, 1.82) is 0 Å². The smallest absolute Gasteiger partial charge is 0.154 e. The molecule has 1 radical (unpaired) electrons. The first kappa shape index (κ1) is 9.88. The Kier molecular flexibility index (Phi) is 6.91. The Morgan fingerprint density at radius 2 is 2.10 bits per heavy atom. The molecule has 0 aliphatic carbocycles. The predicted octanol–water partition coefficient (Wildman–Crippen LogP) is 0.846. The molecule has 1 unspecified atom stereocenters. The van der Waals surface area contributed by atoms with Gasteiger partial charge in [0.2, 0.25) is 0 Å². The predicted molar refractivity (Wildman–Crippen MR) is 38.6 cm³/mol. The summed E-state index contributed by atoms with van der Waals surface area (Å²) in [5.41, 5.74) is 0. The van der Waals surface area contributed by atoms with Gasteiger partial charge in [0.1, 0.15) is 0 Å². The Hall–Kier alpha value is -0.120. The summed E-state index contributed by atoms with van der Waals surface area (Å²) < 4.78 is 14.9. The maximum atomic E-state index is 5.12.